The molecule has 1 aromatic rings. The number of nitrogens with zero attached hydrogens (tertiary/aromatic N) is 1. The Morgan fingerprint density at radius 2 is 2.06 bits per heavy atom. The van der Waals surface area contributed by atoms with Crippen LogP contribution in [0, 0.1) is 0 Å². The standard InChI is InChI=1S/C11H17N3O3S/c1-13-11(15)10-6-9(18(12,16)17)7-14(10)8-4-2-3-5-8/h6-8H,2-5H2,1H3,(H,13,15)(H2,12,16,17). The molecular weight excluding hydrogens is 254 g/mol. The quantitative estimate of drug-likeness (QED) is 0.843. The van der Waals surface area contributed by atoms with Gasteiger partial charge in [-0.05, 0) is 18.9 Å². The van der Waals surface area contributed by atoms with Crippen molar-refractivity contribution in [1.29, 1.82) is 0 Å². The maximum atomic E-state index is 11.8. The second-order valence-electron chi connectivity index (χ2n) is 4.53. The van der Waals surface area contributed by atoms with E-state index < -0.39 is 10.0 Å². The van der Waals surface area contributed by atoms with Crippen molar-refractivity contribution < 1.29 is 13.2 Å². The summed E-state index contributed by atoms with van der Waals surface area (Å²) in [6.45, 7) is 0. The number of nitrogens with one attached hydrogen (secondary N) is 1. The topological polar surface area (TPSA) is 94.2 Å². The molecular formula is C11H17N3O3S. The van der Waals surface area contributed by atoms with Crippen molar-refractivity contribution in [3.8, 4) is 0 Å². The number of sulfonamides is 1. The largest absolute Gasteiger partial charge is 0.354 e. The third kappa shape index (κ3) is 2.41. The van der Waals surface area contributed by atoms with Crippen LogP contribution < -0.4 is 10.5 Å². The Morgan fingerprint density at radius 3 is 2.56 bits per heavy atom. The Kier molecular flexibility index (Phi) is 3.45. The van der Waals surface area contributed by atoms with Gasteiger partial charge in [-0.2, -0.15) is 0 Å². The third-order valence-electron chi connectivity index (χ3n) is 3.33. The maximum absolute atomic E-state index is 11.8. The first-order chi connectivity index (χ1) is 8.43. The van der Waals surface area contributed by atoms with Gasteiger partial charge in [-0.3, -0.25) is 4.79 Å². The van der Waals surface area contributed by atoms with Crippen LogP contribution in [0.5, 0.6) is 0 Å². The predicted molar refractivity (Wildman–Crippen MR) is 66.7 cm³/mol. The van der Waals surface area contributed by atoms with Gasteiger partial charge in [-0.1, -0.05) is 12.8 Å². The fraction of sp³-hybridized carbons (Fsp3) is 0.545. The highest BCUT2D eigenvalue weighted by Crippen LogP contribution is 2.32. The van der Waals surface area contributed by atoms with E-state index in [4.69, 9.17) is 5.14 Å². The molecule has 6 nitrogen and oxygen atoms in total. The summed E-state index contributed by atoms with van der Waals surface area (Å²) in [7, 11) is -2.26. The molecule has 0 aliphatic heterocycles. The average molecular weight is 271 g/mol. The van der Waals surface area contributed by atoms with Crippen LogP contribution in [0.1, 0.15) is 42.2 Å². The molecule has 0 bridgehead atoms. The van der Waals surface area contributed by atoms with E-state index in [-0.39, 0.29) is 16.8 Å². The van der Waals surface area contributed by atoms with Crippen molar-refractivity contribution in [2.75, 3.05) is 7.05 Å². The summed E-state index contributed by atoms with van der Waals surface area (Å²) in [5.41, 5.74) is 0.355. The minimum atomic E-state index is -3.78. The van der Waals surface area contributed by atoms with Gasteiger partial charge in [0.15, 0.2) is 0 Å². The van der Waals surface area contributed by atoms with E-state index in [1.165, 1.54) is 19.3 Å². The van der Waals surface area contributed by atoms with Crippen molar-refractivity contribution in [3.63, 3.8) is 0 Å². The SMILES string of the molecule is CNC(=O)c1cc(S(N)(=O)=O)cn1C1CCCC1. The molecule has 1 aromatic heterocycles. The normalized spacial score (nSPS) is 17.0. The number of primary sulfonamides is 1. The van der Waals surface area contributed by atoms with Gasteiger partial charge in [0.2, 0.25) is 10.0 Å². The lowest BCUT2D eigenvalue weighted by atomic mass is 10.2. The highest BCUT2D eigenvalue weighted by Gasteiger charge is 2.24. The summed E-state index contributed by atoms with van der Waals surface area (Å²) in [6, 6.07) is 1.53. The van der Waals surface area contributed by atoms with Gasteiger partial charge < -0.3 is 9.88 Å². The molecule has 1 aliphatic rings. The Labute approximate surface area is 106 Å². The van der Waals surface area contributed by atoms with Crippen LogP contribution in [0.25, 0.3) is 0 Å². The van der Waals surface area contributed by atoms with Gasteiger partial charge in [0, 0.05) is 19.3 Å². The number of aromatic nitrogens is 1. The van der Waals surface area contributed by atoms with Crippen LogP contribution in [0.3, 0.4) is 0 Å². The zero-order chi connectivity index (χ0) is 13.3. The molecule has 0 unspecified atom stereocenters. The monoisotopic (exact) mass is 271 g/mol. The Morgan fingerprint density at radius 1 is 1.44 bits per heavy atom. The summed E-state index contributed by atoms with van der Waals surface area (Å²) in [5.74, 6) is -0.295. The Hall–Kier alpha value is -1.34. The predicted octanol–water partition coefficient (Wildman–Crippen LogP) is 0.610. The summed E-state index contributed by atoms with van der Waals surface area (Å²) in [6.07, 6.45) is 5.59. The van der Waals surface area contributed by atoms with E-state index in [1.54, 1.807) is 4.57 Å². The van der Waals surface area contributed by atoms with Crippen molar-refractivity contribution in [1.82, 2.24) is 9.88 Å². The molecule has 18 heavy (non-hydrogen) atoms. The van der Waals surface area contributed by atoms with Gasteiger partial charge in [0.05, 0.1) is 0 Å². The van der Waals surface area contributed by atoms with Gasteiger partial charge >= 0.3 is 0 Å². The van der Waals surface area contributed by atoms with Crippen molar-refractivity contribution >= 4 is 15.9 Å². The first-order valence-corrected chi connectivity index (χ1v) is 7.45. The first-order valence-electron chi connectivity index (χ1n) is 5.90. The molecule has 2 rings (SSSR count). The van der Waals surface area contributed by atoms with Crippen molar-refractivity contribution in [3.05, 3.63) is 18.0 Å². The van der Waals surface area contributed by atoms with Crippen molar-refractivity contribution in [2.24, 2.45) is 5.14 Å². The highest BCUT2D eigenvalue weighted by atomic mass is 32.2. The van der Waals surface area contributed by atoms with E-state index in [0.29, 0.717) is 5.69 Å². The van der Waals surface area contributed by atoms with Crippen LogP contribution in [0.4, 0.5) is 0 Å². The number of carbonyl (C=O) groups is 1. The van der Waals surface area contributed by atoms with E-state index >= 15 is 0 Å². The minimum absolute atomic E-state index is 0.00648. The number of amides is 1. The molecule has 0 spiro atoms. The lowest BCUT2D eigenvalue weighted by Gasteiger charge is -2.14. The molecule has 7 heteroatoms. The second-order valence-corrected chi connectivity index (χ2v) is 6.09. The van der Waals surface area contributed by atoms with E-state index in [1.807, 2.05) is 0 Å². The fourth-order valence-electron chi connectivity index (χ4n) is 2.40. The van der Waals surface area contributed by atoms with Crippen LogP contribution in [0.15, 0.2) is 17.2 Å². The molecule has 0 aromatic carbocycles. The van der Waals surface area contributed by atoms with E-state index in [0.717, 1.165) is 25.7 Å². The first kappa shape index (κ1) is 13.1. The van der Waals surface area contributed by atoms with Crippen molar-refractivity contribution in [2.45, 2.75) is 36.6 Å². The highest BCUT2D eigenvalue weighted by molar-refractivity contribution is 7.89. The zero-order valence-electron chi connectivity index (χ0n) is 10.2. The van der Waals surface area contributed by atoms with Crippen LogP contribution in [0.2, 0.25) is 0 Å². The van der Waals surface area contributed by atoms with Crippen LogP contribution >= 0.6 is 0 Å². The van der Waals surface area contributed by atoms with Gasteiger partial charge in [-0.25, -0.2) is 13.6 Å². The smallest absolute Gasteiger partial charge is 0.267 e. The molecule has 1 saturated carbocycles. The molecule has 1 heterocycles. The summed E-state index contributed by atoms with van der Waals surface area (Å²) in [4.78, 5) is 11.8. The molecule has 1 amide bonds. The van der Waals surface area contributed by atoms with Gasteiger partial charge in [-0.15, -0.1) is 0 Å². The molecule has 0 atom stereocenters. The minimum Gasteiger partial charge on any atom is -0.354 e. The molecule has 0 radical (unpaired) electrons. The Bertz CT molecular complexity index is 556. The maximum Gasteiger partial charge on any atom is 0.267 e. The number of hydrogen-bond acceptors (Lipinski definition) is 3. The average Bonchev–Trinajstić information content (AvgIpc) is 2.94. The number of nitrogens with two attached hydrogens (primary N) is 1. The van der Waals surface area contributed by atoms with Crippen LogP contribution in [-0.2, 0) is 10.0 Å². The fourth-order valence-corrected chi connectivity index (χ4v) is 2.94. The summed E-state index contributed by atoms with van der Waals surface area (Å²) >= 11 is 0. The Balaban J connectivity index is 2.48. The lowest BCUT2D eigenvalue weighted by Crippen LogP contribution is -2.22. The molecule has 1 fully saturated rings. The second kappa shape index (κ2) is 4.74. The summed E-state index contributed by atoms with van der Waals surface area (Å²) < 4.78 is 24.5. The zero-order valence-corrected chi connectivity index (χ0v) is 11.0. The number of rotatable bonds is 3. The third-order valence-corrected chi connectivity index (χ3v) is 4.21. The molecule has 1 aliphatic carbocycles. The van der Waals surface area contributed by atoms with Gasteiger partial charge in [0.1, 0.15) is 10.6 Å². The molecule has 100 valence electrons. The number of carbonyl (C=O) groups excluding carboxylic acids is 1. The molecule has 3 N–H and O–H groups in total. The van der Waals surface area contributed by atoms with Crippen LogP contribution in [-0.4, -0.2) is 25.9 Å². The lowest BCUT2D eigenvalue weighted by molar-refractivity contribution is 0.0951. The summed E-state index contributed by atoms with van der Waals surface area (Å²) in [5, 5.41) is 7.62. The number of hydrogen-bond donors (Lipinski definition) is 2. The van der Waals surface area contributed by atoms with E-state index in [2.05, 4.69) is 5.32 Å². The molecule has 0 saturated heterocycles. The van der Waals surface area contributed by atoms with Gasteiger partial charge in [0.25, 0.3) is 5.91 Å². The van der Waals surface area contributed by atoms with E-state index in [9.17, 15) is 13.2 Å².